The number of aryl methyl sites for hydroxylation is 2. The predicted octanol–water partition coefficient (Wildman–Crippen LogP) is 0.757. The number of amides is 2. The van der Waals surface area contributed by atoms with Crippen molar-refractivity contribution in [1.82, 2.24) is 14.7 Å². The monoisotopic (exact) mass is 510 g/mol. The summed E-state index contributed by atoms with van der Waals surface area (Å²) in [4.78, 5) is 14.5. The van der Waals surface area contributed by atoms with Crippen molar-refractivity contribution in [3.63, 3.8) is 0 Å². The third-order valence-electron chi connectivity index (χ3n) is 5.48. The maximum Gasteiger partial charge on any atom is 1.00 e. The molecule has 182 valence electrons. The summed E-state index contributed by atoms with van der Waals surface area (Å²) in [6.45, 7) is 2.55. The summed E-state index contributed by atoms with van der Waals surface area (Å²) in [5.74, 6) is 0. The first kappa shape index (κ1) is 28.4. The zero-order chi connectivity index (χ0) is 24.4. The molecule has 9 nitrogen and oxygen atoms in total. The van der Waals surface area contributed by atoms with E-state index in [1.54, 1.807) is 14.0 Å². The number of rotatable bonds is 7. The molecule has 1 atom stereocenters. The standard InChI is InChI=1S/C20H27F3N6O3S.Na/c1-4-14-8-15(20(21,22)23)10-16(9-14)25-19(30)26-33(31,32)29(18-11-24-28(3)12-18)13-17-6-5-7-27(17)2;/h8-12,17H,4-7,13H2,1-3H3,(H2,25,26,30);/q;+1/p-1/t17-;/m1./s1. The van der Waals surface area contributed by atoms with Crippen LogP contribution in [0.15, 0.2) is 30.6 Å². The van der Waals surface area contributed by atoms with E-state index in [2.05, 4.69) is 15.1 Å². The van der Waals surface area contributed by atoms with Gasteiger partial charge in [0.05, 0.1) is 17.4 Å². The van der Waals surface area contributed by atoms with Gasteiger partial charge in [0, 0.05) is 25.8 Å². The molecule has 34 heavy (non-hydrogen) atoms. The van der Waals surface area contributed by atoms with Crippen molar-refractivity contribution < 1.29 is 55.9 Å². The number of urea groups is 1. The second-order valence-corrected chi connectivity index (χ2v) is 9.47. The van der Waals surface area contributed by atoms with Crippen LogP contribution in [-0.4, -0.2) is 55.3 Å². The summed E-state index contributed by atoms with van der Waals surface area (Å²) < 4.78 is 71.3. The molecule has 1 aromatic heterocycles. The Kier molecular flexibility index (Phi) is 9.44. The number of alkyl halides is 3. The molecule has 1 fully saturated rings. The van der Waals surface area contributed by atoms with Gasteiger partial charge in [0.15, 0.2) is 6.03 Å². The van der Waals surface area contributed by atoms with Gasteiger partial charge in [-0.1, -0.05) is 13.0 Å². The Balaban J connectivity index is 0.00000408. The molecule has 2 amide bonds. The van der Waals surface area contributed by atoms with Crippen LogP contribution in [-0.2, 0) is 29.9 Å². The van der Waals surface area contributed by atoms with Crippen LogP contribution in [0.2, 0.25) is 0 Å². The predicted molar refractivity (Wildman–Crippen MR) is 118 cm³/mol. The summed E-state index contributed by atoms with van der Waals surface area (Å²) in [7, 11) is -0.995. The molecular formula is C20H26F3N6NaO3S. The normalized spacial score (nSPS) is 16.7. The van der Waals surface area contributed by atoms with Gasteiger partial charge in [-0.2, -0.15) is 18.3 Å². The van der Waals surface area contributed by atoms with Crippen molar-refractivity contribution in [3.8, 4) is 0 Å². The molecular weight excluding hydrogens is 484 g/mol. The Hall–Kier alpha value is -1.80. The summed E-state index contributed by atoms with van der Waals surface area (Å²) in [5.41, 5.74) is -0.554. The van der Waals surface area contributed by atoms with Gasteiger partial charge in [0.1, 0.15) is 0 Å². The maximum absolute atomic E-state index is 13.2. The molecule has 0 bridgehead atoms. The third-order valence-corrected chi connectivity index (χ3v) is 6.80. The van der Waals surface area contributed by atoms with E-state index in [1.807, 2.05) is 11.9 Å². The average Bonchev–Trinajstić information content (AvgIpc) is 3.32. The van der Waals surface area contributed by atoms with Crippen molar-refractivity contribution in [3.05, 3.63) is 46.4 Å². The first-order valence-electron chi connectivity index (χ1n) is 10.4. The molecule has 1 N–H and O–H groups in total. The number of hydrogen-bond acceptors (Lipinski definition) is 5. The SMILES string of the molecule is CCc1cc(NC(=O)[N-]S(=O)(=O)N(C[C@H]2CCCN2C)c2cnn(C)c2)cc(C(F)(F)F)c1.[Na+]. The van der Waals surface area contributed by atoms with Gasteiger partial charge < -0.3 is 14.9 Å². The number of nitrogens with zero attached hydrogens (tertiary/aromatic N) is 5. The van der Waals surface area contributed by atoms with Crippen molar-refractivity contribution in [2.45, 2.75) is 38.4 Å². The molecule has 0 unspecified atom stereocenters. The topological polar surface area (TPSA) is 102 Å². The van der Waals surface area contributed by atoms with E-state index in [1.165, 1.54) is 23.1 Å². The van der Waals surface area contributed by atoms with E-state index < -0.39 is 28.0 Å². The fourth-order valence-corrected chi connectivity index (χ4v) is 4.78. The molecule has 3 rings (SSSR count). The van der Waals surface area contributed by atoms with Crippen LogP contribution < -0.4 is 39.2 Å². The molecule has 0 radical (unpaired) electrons. The zero-order valence-corrected chi connectivity index (χ0v) is 22.3. The summed E-state index contributed by atoms with van der Waals surface area (Å²) >= 11 is 0. The zero-order valence-electron chi connectivity index (χ0n) is 19.5. The second-order valence-electron chi connectivity index (χ2n) is 7.95. The second kappa shape index (κ2) is 11.3. The van der Waals surface area contributed by atoms with Crippen molar-refractivity contribution in [1.29, 1.82) is 0 Å². The fourth-order valence-electron chi connectivity index (χ4n) is 3.70. The molecule has 0 saturated carbocycles. The number of hydrogen-bond donors (Lipinski definition) is 1. The smallest absolute Gasteiger partial charge is 0.424 e. The van der Waals surface area contributed by atoms with E-state index >= 15 is 0 Å². The van der Waals surface area contributed by atoms with Gasteiger partial charge in [-0.15, -0.1) is 0 Å². The van der Waals surface area contributed by atoms with Crippen molar-refractivity contribution in [2.24, 2.45) is 7.05 Å². The molecule has 2 aromatic rings. The van der Waals surface area contributed by atoms with Crippen LogP contribution in [0, 0.1) is 0 Å². The third kappa shape index (κ3) is 7.11. The summed E-state index contributed by atoms with van der Waals surface area (Å²) in [6.07, 6.45) is 0.207. The van der Waals surface area contributed by atoms with Crippen LogP contribution in [0.3, 0.4) is 0 Å². The van der Waals surface area contributed by atoms with E-state index in [-0.39, 0.29) is 53.5 Å². The maximum atomic E-state index is 13.2. The Morgan fingerprint density at radius 3 is 2.53 bits per heavy atom. The van der Waals surface area contributed by atoms with Crippen LogP contribution in [0.5, 0.6) is 0 Å². The van der Waals surface area contributed by atoms with Gasteiger partial charge in [0.25, 0.3) is 10.2 Å². The van der Waals surface area contributed by atoms with E-state index in [0.717, 1.165) is 35.8 Å². The summed E-state index contributed by atoms with van der Waals surface area (Å²) in [6, 6.07) is 1.71. The first-order valence-corrected chi connectivity index (χ1v) is 11.8. The van der Waals surface area contributed by atoms with Gasteiger partial charge in [-0.25, -0.2) is 8.42 Å². The number of aromatic nitrogens is 2. The van der Waals surface area contributed by atoms with Gasteiger partial charge in [0.2, 0.25) is 0 Å². The molecule has 0 aliphatic carbocycles. The van der Waals surface area contributed by atoms with Gasteiger partial charge in [-0.05, 0) is 56.2 Å². The first-order chi connectivity index (χ1) is 15.4. The average molecular weight is 511 g/mol. The number of benzene rings is 1. The molecule has 1 aromatic carbocycles. The van der Waals surface area contributed by atoms with E-state index in [0.29, 0.717) is 12.0 Å². The minimum Gasteiger partial charge on any atom is -0.424 e. The minimum atomic E-state index is -4.61. The fraction of sp³-hybridized carbons (Fsp3) is 0.500. The number of carbonyl (C=O) groups excluding carboxylic acids is 1. The van der Waals surface area contributed by atoms with Crippen molar-refractivity contribution in [2.75, 3.05) is 29.8 Å². The van der Waals surface area contributed by atoms with Gasteiger partial charge in [-0.3, -0.25) is 13.8 Å². The number of halogens is 3. The van der Waals surface area contributed by atoms with Crippen LogP contribution in [0.1, 0.15) is 30.9 Å². The Bertz CT molecular complexity index is 1110. The van der Waals surface area contributed by atoms with E-state index in [9.17, 15) is 26.4 Å². The Labute approximate surface area is 219 Å². The number of nitrogens with one attached hydrogen (secondary N) is 1. The quantitative estimate of drug-likeness (QED) is 0.555. The molecule has 1 aliphatic rings. The molecule has 0 spiro atoms. The van der Waals surface area contributed by atoms with Crippen LogP contribution in [0.25, 0.3) is 4.72 Å². The Morgan fingerprint density at radius 2 is 2.00 bits per heavy atom. The molecule has 1 aliphatic heterocycles. The van der Waals surface area contributed by atoms with Crippen LogP contribution >= 0.6 is 0 Å². The Morgan fingerprint density at radius 1 is 1.29 bits per heavy atom. The van der Waals surface area contributed by atoms with E-state index in [4.69, 9.17) is 0 Å². The minimum absolute atomic E-state index is 0. The van der Waals surface area contributed by atoms with Crippen molar-refractivity contribution >= 4 is 27.6 Å². The molecule has 2 heterocycles. The summed E-state index contributed by atoms with van der Waals surface area (Å²) in [5, 5.41) is 6.15. The number of anilines is 2. The number of likely N-dealkylation sites (N-methyl/N-ethyl adjacent to an activating group) is 1. The number of carbonyl (C=O) groups is 1. The largest absolute Gasteiger partial charge is 1.00 e. The van der Waals surface area contributed by atoms with Gasteiger partial charge >= 0.3 is 35.7 Å². The van der Waals surface area contributed by atoms with Crippen LogP contribution in [0.4, 0.5) is 29.3 Å². The number of likely N-dealkylation sites (tertiary alicyclic amines) is 1. The molecule has 14 heteroatoms. The molecule has 1 saturated heterocycles.